The summed E-state index contributed by atoms with van der Waals surface area (Å²) in [6, 6.07) is 12.2. The van der Waals surface area contributed by atoms with Crippen LogP contribution in [0, 0.1) is 0 Å². The van der Waals surface area contributed by atoms with Gasteiger partial charge in [-0.05, 0) is 60.9 Å². The summed E-state index contributed by atoms with van der Waals surface area (Å²) < 4.78 is 0. The molecule has 36 heavy (non-hydrogen) atoms. The lowest BCUT2D eigenvalue weighted by Crippen LogP contribution is -2.24. The Morgan fingerprint density at radius 2 is 1.81 bits per heavy atom. The summed E-state index contributed by atoms with van der Waals surface area (Å²) in [5.74, 6) is -0.339. The number of pyridine rings is 1. The first-order valence-electron chi connectivity index (χ1n) is 10.9. The Labute approximate surface area is 226 Å². The summed E-state index contributed by atoms with van der Waals surface area (Å²) in [6.07, 6.45) is 4.13. The summed E-state index contributed by atoms with van der Waals surface area (Å²) >= 11 is 14.6. The van der Waals surface area contributed by atoms with Crippen molar-refractivity contribution in [3.8, 4) is 16.2 Å². The number of aromatic nitrogens is 1. The van der Waals surface area contributed by atoms with E-state index in [2.05, 4.69) is 15.3 Å². The van der Waals surface area contributed by atoms with E-state index in [1.165, 1.54) is 11.3 Å². The van der Waals surface area contributed by atoms with Crippen LogP contribution < -0.4 is 5.32 Å². The molecular formula is C26H21Cl2N3O3S2. The number of nitrogens with one attached hydrogen (secondary N) is 1. The van der Waals surface area contributed by atoms with Crippen molar-refractivity contribution >= 4 is 63.3 Å². The zero-order chi connectivity index (χ0) is 25.7. The molecule has 0 aliphatic carbocycles. The van der Waals surface area contributed by atoms with Crippen molar-refractivity contribution in [2.75, 3.05) is 13.1 Å². The number of ketones is 1. The number of Topliss-reactive ketones (excluding diaryl/α,β-unsaturated/α-hetero) is 1. The van der Waals surface area contributed by atoms with Gasteiger partial charge in [0.2, 0.25) is 0 Å². The van der Waals surface area contributed by atoms with E-state index in [4.69, 9.17) is 23.2 Å². The molecule has 10 heteroatoms. The van der Waals surface area contributed by atoms with Gasteiger partial charge in [-0.25, -0.2) is 0 Å². The molecule has 1 aromatic carbocycles. The highest BCUT2D eigenvalue weighted by atomic mass is 35.5. The Kier molecular flexibility index (Phi) is 8.53. The molecule has 0 bridgehead atoms. The molecular weight excluding hydrogens is 537 g/mol. The van der Waals surface area contributed by atoms with Crippen LogP contribution in [-0.2, 0) is 6.42 Å². The van der Waals surface area contributed by atoms with E-state index in [1.807, 2.05) is 12.1 Å². The zero-order valence-corrected chi connectivity index (χ0v) is 22.3. The van der Waals surface area contributed by atoms with Gasteiger partial charge in [0, 0.05) is 35.6 Å². The predicted octanol–water partition coefficient (Wildman–Crippen LogP) is 6.55. The smallest absolute Gasteiger partial charge is 0.261 e. The van der Waals surface area contributed by atoms with Crippen LogP contribution in [0.3, 0.4) is 0 Å². The van der Waals surface area contributed by atoms with Gasteiger partial charge in [-0.3, -0.25) is 19.6 Å². The Bertz CT molecular complexity index is 1430. The third kappa shape index (κ3) is 6.20. The molecule has 6 nitrogen and oxygen atoms in total. The number of thiophene rings is 2. The zero-order valence-electron chi connectivity index (χ0n) is 19.1. The molecule has 3 heterocycles. The summed E-state index contributed by atoms with van der Waals surface area (Å²) in [6.45, 7) is 2.14. The Morgan fingerprint density at radius 3 is 2.56 bits per heavy atom. The third-order valence-electron chi connectivity index (χ3n) is 5.35. The maximum absolute atomic E-state index is 12.7. The number of carbonyl (C=O) groups is 2. The number of carbonyl (C=O) groups excluding carboxylic acids is 2. The molecule has 0 saturated carbocycles. The van der Waals surface area contributed by atoms with Crippen molar-refractivity contribution in [2.45, 2.75) is 13.3 Å². The van der Waals surface area contributed by atoms with Crippen LogP contribution in [-0.4, -0.2) is 40.6 Å². The number of hydrogen-bond donors (Lipinski definition) is 2. The van der Waals surface area contributed by atoms with E-state index in [0.717, 1.165) is 22.5 Å². The van der Waals surface area contributed by atoms with Crippen molar-refractivity contribution in [2.24, 2.45) is 4.99 Å². The summed E-state index contributed by atoms with van der Waals surface area (Å²) in [7, 11) is 0. The minimum Gasteiger partial charge on any atom is -0.506 e. The maximum atomic E-state index is 12.7. The number of hydrogen-bond acceptors (Lipinski definition) is 7. The highest BCUT2D eigenvalue weighted by molar-refractivity contribution is 7.16. The monoisotopic (exact) mass is 557 g/mol. The highest BCUT2D eigenvalue weighted by Crippen LogP contribution is 2.40. The molecule has 0 atom stereocenters. The lowest BCUT2D eigenvalue weighted by Gasteiger charge is -2.04. The second-order valence-corrected chi connectivity index (χ2v) is 10.6. The average Bonchev–Trinajstić information content (AvgIpc) is 3.52. The summed E-state index contributed by atoms with van der Waals surface area (Å²) in [5.41, 5.74) is 2.91. The van der Waals surface area contributed by atoms with Gasteiger partial charge in [0.25, 0.3) is 5.91 Å². The molecule has 0 spiro atoms. The molecule has 0 aliphatic heterocycles. The van der Waals surface area contributed by atoms with E-state index < -0.39 is 0 Å². The second-order valence-electron chi connectivity index (χ2n) is 7.81. The summed E-state index contributed by atoms with van der Waals surface area (Å²) in [4.78, 5) is 35.0. The Balaban J connectivity index is 1.36. The fourth-order valence-electron chi connectivity index (χ4n) is 3.37. The Morgan fingerprint density at radius 1 is 1.06 bits per heavy atom. The molecule has 0 fully saturated rings. The van der Waals surface area contributed by atoms with Crippen LogP contribution in [0.15, 0.2) is 65.2 Å². The van der Waals surface area contributed by atoms with Gasteiger partial charge in [-0.15, -0.1) is 22.7 Å². The van der Waals surface area contributed by atoms with E-state index in [0.29, 0.717) is 48.9 Å². The van der Waals surface area contributed by atoms with Crippen molar-refractivity contribution in [3.63, 3.8) is 0 Å². The predicted molar refractivity (Wildman–Crippen MR) is 147 cm³/mol. The van der Waals surface area contributed by atoms with Crippen molar-refractivity contribution in [1.29, 1.82) is 0 Å². The first-order chi connectivity index (χ1) is 17.3. The fraction of sp³-hybridized carbons (Fsp3) is 0.154. The van der Waals surface area contributed by atoms with E-state index in [1.54, 1.807) is 55.0 Å². The van der Waals surface area contributed by atoms with Crippen molar-refractivity contribution in [3.05, 3.63) is 91.2 Å². The topological polar surface area (TPSA) is 91.7 Å². The lowest BCUT2D eigenvalue weighted by atomic mass is 10.1. The minimum atomic E-state index is -0.217. The molecule has 1 amide bonds. The molecule has 0 radical (unpaired) electrons. The normalized spacial score (nSPS) is 11.5. The molecule has 3 aromatic heterocycles. The van der Waals surface area contributed by atoms with Gasteiger partial charge in [0.05, 0.1) is 24.7 Å². The van der Waals surface area contributed by atoms with Crippen LogP contribution in [0.25, 0.3) is 10.4 Å². The molecule has 0 saturated heterocycles. The van der Waals surface area contributed by atoms with E-state index in [-0.39, 0.29) is 24.0 Å². The van der Waals surface area contributed by atoms with Crippen LogP contribution in [0.5, 0.6) is 5.75 Å². The molecule has 4 aromatic rings. The van der Waals surface area contributed by atoms with Crippen LogP contribution in [0.2, 0.25) is 10.0 Å². The number of aromatic hydroxyl groups is 1. The SMILES string of the molecule is CC(=NCC(=O)c1ccc(C(=O)NCCc2ccncc2)s1)c1csc(-c2ccc(Cl)c(Cl)c2)c1O. The van der Waals surface area contributed by atoms with Crippen LogP contribution >= 0.6 is 45.9 Å². The first-order valence-corrected chi connectivity index (χ1v) is 13.4. The number of benzene rings is 1. The lowest BCUT2D eigenvalue weighted by molar-refractivity contribution is 0.0957. The first kappa shape index (κ1) is 26.0. The van der Waals surface area contributed by atoms with E-state index in [9.17, 15) is 14.7 Å². The highest BCUT2D eigenvalue weighted by Gasteiger charge is 2.17. The fourth-order valence-corrected chi connectivity index (χ4v) is 5.52. The number of halogens is 2. The van der Waals surface area contributed by atoms with Crippen molar-refractivity contribution < 1.29 is 14.7 Å². The summed E-state index contributed by atoms with van der Waals surface area (Å²) in [5, 5.41) is 16.2. The van der Waals surface area contributed by atoms with Gasteiger partial charge in [-0.1, -0.05) is 29.3 Å². The maximum Gasteiger partial charge on any atom is 0.261 e. The van der Waals surface area contributed by atoms with Gasteiger partial charge >= 0.3 is 0 Å². The van der Waals surface area contributed by atoms with Crippen LogP contribution in [0.4, 0.5) is 0 Å². The van der Waals surface area contributed by atoms with Gasteiger partial charge in [0.1, 0.15) is 12.3 Å². The van der Waals surface area contributed by atoms with Gasteiger partial charge < -0.3 is 10.4 Å². The molecule has 184 valence electrons. The minimum absolute atomic E-state index is 0.0777. The number of nitrogens with zero attached hydrogens (tertiary/aromatic N) is 2. The largest absolute Gasteiger partial charge is 0.506 e. The number of rotatable bonds is 9. The number of aliphatic imine (C=N–C) groups is 1. The molecule has 2 N–H and O–H groups in total. The molecule has 0 aliphatic rings. The van der Waals surface area contributed by atoms with Crippen molar-refractivity contribution in [1.82, 2.24) is 10.3 Å². The van der Waals surface area contributed by atoms with Gasteiger partial charge in [-0.2, -0.15) is 0 Å². The quantitative estimate of drug-likeness (QED) is 0.180. The van der Waals surface area contributed by atoms with E-state index >= 15 is 0 Å². The molecule has 4 rings (SSSR count). The Hall–Kier alpha value is -3.04. The second kappa shape index (κ2) is 11.8. The molecule has 0 unspecified atom stereocenters. The average molecular weight is 559 g/mol. The third-order valence-corrected chi connectivity index (χ3v) is 8.23. The van der Waals surface area contributed by atoms with Gasteiger partial charge in [0.15, 0.2) is 5.78 Å². The number of amides is 1. The standard InChI is InChI=1S/C26H21Cl2N3O3S2/c1-15(18-14-35-25(24(18)33)17-2-3-19(27)20(28)12-17)31-13-21(32)22-4-5-23(36-22)26(34)30-11-8-16-6-9-29-10-7-16/h2-7,9-10,12,14,33H,8,11,13H2,1H3,(H,30,34). The van der Waals surface area contributed by atoms with Crippen LogP contribution in [0.1, 0.15) is 37.4 Å².